The fourth-order valence-corrected chi connectivity index (χ4v) is 4.33. The van der Waals surface area contributed by atoms with Crippen molar-refractivity contribution in [1.82, 2.24) is 18.9 Å². The molecule has 0 spiro atoms. The molecule has 0 aliphatic carbocycles. The number of nitrogens with zero attached hydrogens (tertiary/aromatic N) is 4. The van der Waals surface area contributed by atoms with Crippen LogP contribution in [0.1, 0.15) is 21.7 Å². The third-order valence-corrected chi connectivity index (χ3v) is 6.01. The van der Waals surface area contributed by atoms with Crippen LogP contribution >= 0.6 is 11.6 Å². The Kier molecular flexibility index (Phi) is 5.06. The van der Waals surface area contributed by atoms with Gasteiger partial charge < -0.3 is 9.30 Å². The smallest absolute Gasteiger partial charge is 0.215 e. The molecule has 0 unspecified atom stereocenters. The minimum absolute atomic E-state index is 0.0484. The second-order valence-corrected chi connectivity index (χ2v) is 8.05. The van der Waals surface area contributed by atoms with Crippen LogP contribution in [-0.4, -0.2) is 57.5 Å². The number of ketones is 1. The summed E-state index contributed by atoms with van der Waals surface area (Å²) in [4.78, 5) is 20.6. The summed E-state index contributed by atoms with van der Waals surface area (Å²) < 4.78 is 9.68. The summed E-state index contributed by atoms with van der Waals surface area (Å²) >= 11 is 6.00. The molecule has 0 N–H and O–H groups in total. The Hall–Kier alpha value is -2.67. The van der Waals surface area contributed by atoms with Gasteiger partial charge in [-0.25, -0.2) is 4.98 Å². The molecule has 154 valence electrons. The van der Waals surface area contributed by atoms with Crippen LogP contribution in [0.5, 0.6) is 0 Å². The SMILES string of the molecule is Cc1nc2n(CCN3CCOCC3)c3ccccc3n2c1C(=O)c1ccc(Cl)cc1. The second kappa shape index (κ2) is 7.87. The van der Waals surface area contributed by atoms with Crippen LogP contribution in [0.15, 0.2) is 48.5 Å². The number of aryl methyl sites for hydroxylation is 1. The first-order valence-electron chi connectivity index (χ1n) is 10.2. The maximum atomic E-state index is 13.4. The van der Waals surface area contributed by atoms with Gasteiger partial charge in [0.1, 0.15) is 5.69 Å². The number of imidazole rings is 2. The number of carbonyl (C=O) groups is 1. The lowest BCUT2D eigenvalue weighted by Crippen LogP contribution is -2.38. The summed E-state index contributed by atoms with van der Waals surface area (Å²) in [5, 5.41) is 0.612. The van der Waals surface area contributed by atoms with E-state index in [1.165, 1.54) is 0 Å². The molecule has 3 heterocycles. The standard InChI is InChI=1S/C23H23ClN4O2/c1-16-21(22(29)17-6-8-18(24)9-7-17)28-20-5-3-2-4-19(20)27(23(28)25-16)11-10-26-12-14-30-15-13-26/h2-9H,10-15H2,1H3. The Morgan fingerprint density at radius 2 is 1.73 bits per heavy atom. The van der Waals surface area contributed by atoms with Crippen molar-refractivity contribution >= 4 is 34.2 Å². The number of carbonyl (C=O) groups excluding carboxylic acids is 1. The van der Waals surface area contributed by atoms with Gasteiger partial charge in [0.05, 0.1) is 29.9 Å². The van der Waals surface area contributed by atoms with Crippen molar-refractivity contribution in [2.45, 2.75) is 13.5 Å². The lowest BCUT2D eigenvalue weighted by Gasteiger charge is -2.26. The summed E-state index contributed by atoms with van der Waals surface area (Å²) in [5.74, 6) is 0.757. The molecule has 2 aromatic heterocycles. The molecule has 0 amide bonds. The first-order chi connectivity index (χ1) is 14.6. The summed E-state index contributed by atoms with van der Waals surface area (Å²) in [7, 11) is 0. The molecule has 0 radical (unpaired) electrons. The fraction of sp³-hybridized carbons (Fsp3) is 0.304. The van der Waals surface area contributed by atoms with Crippen LogP contribution in [0.4, 0.5) is 0 Å². The van der Waals surface area contributed by atoms with Gasteiger partial charge in [0.25, 0.3) is 0 Å². The number of aromatic nitrogens is 3. The van der Waals surface area contributed by atoms with Gasteiger partial charge in [0, 0.05) is 36.8 Å². The lowest BCUT2D eigenvalue weighted by molar-refractivity contribution is 0.0366. The number of rotatable bonds is 5. The highest BCUT2D eigenvalue weighted by Crippen LogP contribution is 2.26. The molecule has 1 fully saturated rings. The zero-order valence-corrected chi connectivity index (χ0v) is 17.6. The van der Waals surface area contributed by atoms with E-state index in [0.717, 1.165) is 61.9 Å². The maximum absolute atomic E-state index is 13.4. The normalized spacial score (nSPS) is 15.3. The highest BCUT2D eigenvalue weighted by atomic mass is 35.5. The quantitative estimate of drug-likeness (QED) is 0.459. The monoisotopic (exact) mass is 422 g/mol. The van der Waals surface area contributed by atoms with Gasteiger partial charge in [0.15, 0.2) is 0 Å². The van der Waals surface area contributed by atoms with E-state index in [2.05, 4.69) is 15.5 Å². The Morgan fingerprint density at radius 3 is 2.47 bits per heavy atom. The Labute approximate surface area is 179 Å². The van der Waals surface area contributed by atoms with Crippen LogP contribution in [-0.2, 0) is 11.3 Å². The van der Waals surface area contributed by atoms with Crippen molar-refractivity contribution in [1.29, 1.82) is 0 Å². The number of morpholine rings is 1. The molecule has 0 atom stereocenters. The maximum Gasteiger partial charge on any atom is 0.215 e. The predicted molar refractivity (Wildman–Crippen MR) is 118 cm³/mol. The van der Waals surface area contributed by atoms with Gasteiger partial charge in [-0.2, -0.15) is 0 Å². The molecule has 1 aliphatic rings. The average Bonchev–Trinajstić information content (AvgIpc) is 3.26. The number of halogens is 1. The molecule has 4 aromatic rings. The van der Waals surface area contributed by atoms with Crippen LogP contribution in [0, 0.1) is 6.92 Å². The topological polar surface area (TPSA) is 51.8 Å². The van der Waals surface area contributed by atoms with Gasteiger partial charge in [-0.15, -0.1) is 0 Å². The number of hydrogen-bond donors (Lipinski definition) is 0. The average molecular weight is 423 g/mol. The molecule has 2 aromatic carbocycles. The number of ether oxygens (including phenoxy) is 1. The second-order valence-electron chi connectivity index (χ2n) is 7.61. The first-order valence-corrected chi connectivity index (χ1v) is 10.6. The third kappa shape index (κ3) is 3.31. The molecule has 30 heavy (non-hydrogen) atoms. The van der Waals surface area contributed by atoms with E-state index in [1.807, 2.05) is 29.5 Å². The zero-order valence-electron chi connectivity index (χ0n) is 16.8. The van der Waals surface area contributed by atoms with Gasteiger partial charge in [0.2, 0.25) is 11.6 Å². The molecule has 1 aliphatic heterocycles. The molecular weight excluding hydrogens is 400 g/mol. The van der Waals surface area contributed by atoms with E-state index >= 15 is 0 Å². The molecule has 5 rings (SSSR count). The summed E-state index contributed by atoms with van der Waals surface area (Å²) in [6.07, 6.45) is 0. The van der Waals surface area contributed by atoms with Crippen molar-refractivity contribution in [3.63, 3.8) is 0 Å². The van der Waals surface area contributed by atoms with E-state index in [-0.39, 0.29) is 5.78 Å². The van der Waals surface area contributed by atoms with Crippen LogP contribution in [0.25, 0.3) is 16.8 Å². The number of para-hydroxylation sites is 2. The van der Waals surface area contributed by atoms with Gasteiger partial charge in [-0.1, -0.05) is 23.7 Å². The fourth-order valence-electron chi connectivity index (χ4n) is 4.20. The van der Waals surface area contributed by atoms with E-state index < -0.39 is 0 Å². The number of benzene rings is 2. The largest absolute Gasteiger partial charge is 0.379 e. The van der Waals surface area contributed by atoms with Gasteiger partial charge >= 0.3 is 0 Å². The van der Waals surface area contributed by atoms with E-state index in [1.54, 1.807) is 24.3 Å². The number of fused-ring (bicyclic) bond motifs is 3. The van der Waals surface area contributed by atoms with Crippen molar-refractivity contribution in [2.24, 2.45) is 0 Å². The highest BCUT2D eigenvalue weighted by molar-refractivity contribution is 6.30. The third-order valence-electron chi connectivity index (χ3n) is 5.75. The highest BCUT2D eigenvalue weighted by Gasteiger charge is 2.24. The molecule has 0 bridgehead atoms. The predicted octanol–water partition coefficient (Wildman–Crippen LogP) is 3.81. The first kappa shape index (κ1) is 19.3. The Balaban J connectivity index is 1.60. The van der Waals surface area contributed by atoms with E-state index in [0.29, 0.717) is 16.3 Å². The molecule has 1 saturated heterocycles. The minimum Gasteiger partial charge on any atom is -0.379 e. The van der Waals surface area contributed by atoms with Crippen molar-refractivity contribution in [3.05, 3.63) is 70.5 Å². The minimum atomic E-state index is -0.0484. The summed E-state index contributed by atoms with van der Waals surface area (Å²) in [6, 6.07) is 15.2. The Morgan fingerprint density at radius 1 is 1.03 bits per heavy atom. The van der Waals surface area contributed by atoms with Crippen molar-refractivity contribution < 1.29 is 9.53 Å². The zero-order chi connectivity index (χ0) is 20.7. The van der Waals surface area contributed by atoms with Crippen LogP contribution in [0.2, 0.25) is 5.02 Å². The van der Waals surface area contributed by atoms with Crippen molar-refractivity contribution in [2.75, 3.05) is 32.8 Å². The van der Waals surface area contributed by atoms with Crippen molar-refractivity contribution in [3.8, 4) is 0 Å². The molecule has 0 saturated carbocycles. The van der Waals surface area contributed by atoms with Crippen LogP contribution < -0.4 is 0 Å². The number of hydrogen-bond acceptors (Lipinski definition) is 4. The summed E-state index contributed by atoms with van der Waals surface area (Å²) in [5.41, 5.74) is 4.02. The van der Waals surface area contributed by atoms with Gasteiger partial charge in [-0.05, 0) is 43.3 Å². The van der Waals surface area contributed by atoms with Crippen LogP contribution in [0.3, 0.4) is 0 Å². The van der Waals surface area contributed by atoms with E-state index in [9.17, 15) is 4.79 Å². The molecule has 7 heteroatoms. The van der Waals surface area contributed by atoms with Gasteiger partial charge in [-0.3, -0.25) is 14.1 Å². The summed E-state index contributed by atoms with van der Waals surface area (Å²) in [6.45, 7) is 7.09. The van der Waals surface area contributed by atoms with E-state index in [4.69, 9.17) is 21.3 Å². The Bertz CT molecular complexity index is 1220. The lowest BCUT2D eigenvalue weighted by atomic mass is 10.1. The molecular formula is C23H23ClN4O2. The molecule has 6 nitrogen and oxygen atoms in total.